The average Bonchev–Trinajstić information content (AvgIpc) is 3.35. The lowest BCUT2D eigenvalue weighted by molar-refractivity contribution is -0.0820. The maximum Gasteiger partial charge on any atom is 0.123 e. The molecule has 3 aromatic rings. The Morgan fingerprint density at radius 1 is 1.03 bits per heavy atom. The molecule has 1 aliphatic heterocycles. The van der Waals surface area contributed by atoms with Crippen LogP contribution in [-0.2, 0) is 11.2 Å². The van der Waals surface area contributed by atoms with Crippen LogP contribution in [0.25, 0.3) is 10.4 Å². The maximum atomic E-state index is 13.2. The van der Waals surface area contributed by atoms with Crippen LogP contribution < -0.4 is 0 Å². The number of hydrogen-bond acceptors (Lipinski definition) is 6. The van der Waals surface area contributed by atoms with Crippen molar-refractivity contribution in [3.63, 3.8) is 0 Å². The van der Waals surface area contributed by atoms with Crippen LogP contribution in [0.5, 0.6) is 0 Å². The van der Waals surface area contributed by atoms with Gasteiger partial charge in [0.15, 0.2) is 0 Å². The summed E-state index contributed by atoms with van der Waals surface area (Å²) in [6, 6.07) is 16.2. The quantitative estimate of drug-likeness (QED) is 0.469. The molecule has 0 bridgehead atoms. The van der Waals surface area contributed by atoms with Gasteiger partial charge < -0.3 is 25.2 Å². The second kappa shape index (κ2) is 9.16. The summed E-state index contributed by atoms with van der Waals surface area (Å²) >= 11 is 1.64. The molecule has 2 aromatic carbocycles. The summed E-state index contributed by atoms with van der Waals surface area (Å²) in [4.78, 5) is 2.20. The molecular weight excluding hydrogens is 419 g/mol. The summed E-state index contributed by atoms with van der Waals surface area (Å²) in [5.41, 5.74) is 3.81. The summed E-state index contributed by atoms with van der Waals surface area (Å²) in [7, 11) is 0. The Morgan fingerprint density at radius 2 is 1.77 bits per heavy atom. The second-order valence-corrected chi connectivity index (χ2v) is 9.06. The van der Waals surface area contributed by atoms with Gasteiger partial charge in [-0.3, -0.25) is 0 Å². The number of aryl methyl sites for hydroxylation is 1. The molecule has 0 amide bonds. The van der Waals surface area contributed by atoms with E-state index in [4.69, 9.17) is 9.84 Å². The molecule has 164 valence electrons. The summed E-state index contributed by atoms with van der Waals surface area (Å²) in [6.45, 7) is 1.45. The predicted molar refractivity (Wildman–Crippen MR) is 116 cm³/mol. The highest BCUT2D eigenvalue weighted by Crippen LogP contribution is 2.36. The van der Waals surface area contributed by atoms with Gasteiger partial charge >= 0.3 is 0 Å². The molecule has 1 unspecified atom stereocenters. The lowest BCUT2D eigenvalue weighted by Gasteiger charge is -2.19. The van der Waals surface area contributed by atoms with E-state index in [1.807, 2.05) is 37.3 Å². The molecule has 1 saturated heterocycles. The highest BCUT2D eigenvalue weighted by molar-refractivity contribution is 7.15. The Kier molecular flexibility index (Phi) is 6.52. The summed E-state index contributed by atoms with van der Waals surface area (Å²) < 4.78 is 18.9. The van der Waals surface area contributed by atoms with Gasteiger partial charge in [0.2, 0.25) is 0 Å². The number of thiophene rings is 1. The van der Waals surface area contributed by atoms with Crippen LogP contribution in [0.4, 0.5) is 4.39 Å². The van der Waals surface area contributed by atoms with E-state index in [0.717, 1.165) is 26.4 Å². The number of rotatable bonds is 6. The fraction of sp³-hybridized carbons (Fsp3) is 0.333. The minimum absolute atomic E-state index is 0.261. The number of aliphatic hydroxyl groups excluding tert-OH is 4. The van der Waals surface area contributed by atoms with Gasteiger partial charge in [-0.1, -0.05) is 30.3 Å². The minimum atomic E-state index is -1.28. The van der Waals surface area contributed by atoms with Crippen LogP contribution in [0.2, 0.25) is 0 Å². The van der Waals surface area contributed by atoms with E-state index in [-0.39, 0.29) is 5.82 Å². The summed E-state index contributed by atoms with van der Waals surface area (Å²) in [5.74, 6) is -0.261. The number of aliphatic hydroxyl groups is 4. The Hall–Kier alpha value is -2.13. The van der Waals surface area contributed by atoms with Crippen molar-refractivity contribution in [2.45, 2.75) is 43.9 Å². The third-order valence-electron chi connectivity index (χ3n) is 5.72. The largest absolute Gasteiger partial charge is 0.394 e. The molecule has 7 heteroatoms. The van der Waals surface area contributed by atoms with E-state index in [2.05, 4.69) is 0 Å². The molecule has 1 fully saturated rings. The van der Waals surface area contributed by atoms with E-state index >= 15 is 0 Å². The second-order valence-electron chi connectivity index (χ2n) is 7.89. The molecule has 2 heterocycles. The fourth-order valence-electron chi connectivity index (χ4n) is 3.89. The Balaban J connectivity index is 1.54. The Bertz CT molecular complexity index is 1030. The molecular formula is C24H25FO5S. The molecule has 5 nitrogen and oxygen atoms in total. The zero-order chi connectivity index (χ0) is 22.1. The van der Waals surface area contributed by atoms with Crippen molar-refractivity contribution in [2.24, 2.45) is 0 Å². The molecule has 1 aliphatic rings. The van der Waals surface area contributed by atoms with Crippen molar-refractivity contribution in [3.8, 4) is 10.4 Å². The normalized spacial score (nSPS) is 24.5. The molecule has 0 saturated carbocycles. The van der Waals surface area contributed by atoms with Crippen molar-refractivity contribution in [2.75, 3.05) is 6.61 Å². The van der Waals surface area contributed by atoms with Gasteiger partial charge in [-0.05, 0) is 53.4 Å². The van der Waals surface area contributed by atoms with Gasteiger partial charge in [0, 0.05) is 16.2 Å². The lowest BCUT2D eigenvalue weighted by Crippen LogP contribution is -2.40. The third-order valence-corrected chi connectivity index (χ3v) is 6.86. The molecule has 4 rings (SSSR count). The standard InChI is InChI=1S/C24H25FO5S/c1-13-2-3-15(23-21(28)22(29)24(30-23)19(27)12-26)10-16(13)11-18-8-9-20(31-18)14-4-6-17(25)7-5-14/h2-10,19,21-24,26-29H,11-12H2,1H3/t19?,21-,22-,23-,24+/m1/s1. The number of halogens is 1. The SMILES string of the molecule is Cc1ccc([C@H]2O[C@@H](C(O)CO)[C@H](O)[C@H]2O)cc1Cc1ccc(-c2ccc(F)cc2)s1. The Labute approximate surface area is 184 Å². The van der Waals surface area contributed by atoms with Gasteiger partial charge in [0.05, 0.1) is 6.61 Å². The van der Waals surface area contributed by atoms with Crippen molar-refractivity contribution >= 4 is 11.3 Å². The number of benzene rings is 2. The van der Waals surface area contributed by atoms with E-state index in [9.17, 15) is 19.7 Å². The van der Waals surface area contributed by atoms with Gasteiger partial charge in [-0.15, -0.1) is 11.3 Å². The average molecular weight is 445 g/mol. The van der Waals surface area contributed by atoms with Gasteiger partial charge in [0.25, 0.3) is 0 Å². The van der Waals surface area contributed by atoms with Crippen molar-refractivity contribution in [1.82, 2.24) is 0 Å². The van der Waals surface area contributed by atoms with Gasteiger partial charge in [-0.25, -0.2) is 4.39 Å². The zero-order valence-corrected chi connectivity index (χ0v) is 17.8. The Morgan fingerprint density at radius 3 is 2.48 bits per heavy atom. The molecule has 5 atom stereocenters. The van der Waals surface area contributed by atoms with Crippen LogP contribution in [-0.4, -0.2) is 51.4 Å². The molecule has 0 spiro atoms. The van der Waals surface area contributed by atoms with Crippen LogP contribution in [0.3, 0.4) is 0 Å². The van der Waals surface area contributed by atoms with Crippen LogP contribution in [0.1, 0.15) is 27.7 Å². The fourth-order valence-corrected chi connectivity index (χ4v) is 4.93. The highest BCUT2D eigenvalue weighted by Gasteiger charge is 2.46. The van der Waals surface area contributed by atoms with E-state index in [1.54, 1.807) is 23.5 Å². The molecule has 0 radical (unpaired) electrons. The smallest absolute Gasteiger partial charge is 0.123 e. The van der Waals surface area contributed by atoms with E-state index in [1.165, 1.54) is 12.1 Å². The minimum Gasteiger partial charge on any atom is -0.394 e. The van der Waals surface area contributed by atoms with Crippen molar-refractivity contribution in [1.29, 1.82) is 0 Å². The zero-order valence-electron chi connectivity index (χ0n) is 17.0. The molecule has 0 aliphatic carbocycles. The molecule has 1 aromatic heterocycles. The topological polar surface area (TPSA) is 90.2 Å². The predicted octanol–water partition coefficient (Wildman–Crippen LogP) is 2.97. The first-order valence-electron chi connectivity index (χ1n) is 10.1. The highest BCUT2D eigenvalue weighted by atomic mass is 32.1. The number of ether oxygens (including phenoxy) is 1. The third kappa shape index (κ3) is 4.57. The first-order chi connectivity index (χ1) is 14.9. The molecule has 4 N–H and O–H groups in total. The maximum absolute atomic E-state index is 13.2. The summed E-state index contributed by atoms with van der Waals surface area (Å²) in [6.07, 6.45) is -4.92. The van der Waals surface area contributed by atoms with Crippen LogP contribution in [0.15, 0.2) is 54.6 Å². The van der Waals surface area contributed by atoms with Crippen LogP contribution >= 0.6 is 11.3 Å². The number of hydrogen-bond donors (Lipinski definition) is 4. The van der Waals surface area contributed by atoms with Gasteiger partial charge in [-0.2, -0.15) is 0 Å². The monoisotopic (exact) mass is 444 g/mol. The first-order valence-corrected chi connectivity index (χ1v) is 10.9. The van der Waals surface area contributed by atoms with Gasteiger partial charge in [0.1, 0.15) is 36.3 Å². The van der Waals surface area contributed by atoms with Crippen molar-refractivity contribution in [3.05, 3.63) is 82.0 Å². The molecule has 31 heavy (non-hydrogen) atoms. The lowest BCUT2D eigenvalue weighted by atomic mass is 9.95. The van der Waals surface area contributed by atoms with Crippen molar-refractivity contribution < 1.29 is 29.6 Å². The summed E-state index contributed by atoms with van der Waals surface area (Å²) in [5, 5.41) is 39.7. The van der Waals surface area contributed by atoms with E-state index < -0.39 is 37.1 Å². The first kappa shape index (κ1) is 22.1. The van der Waals surface area contributed by atoms with E-state index in [0.29, 0.717) is 12.0 Å². The van der Waals surface area contributed by atoms with Crippen LogP contribution in [0, 0.1) is 12.7 Å².